The van der Waals surface area contributed by atoms with E-state index in [1.807, 2.05) is 62.3 Å². The second kappa shape index (κ2) is 9.24. The first-order valence-electron chi connectivity index (χ1n) is 8.12. The molecule has 0 fully saturated rings. The van der Waals surface area contributed by atoms with Gasteiger partial charge in [-0.1, -0.05) is 11.8 Å². The summed E-state index contributed by atoms with van der Waals surface area (Å²) in [6, 6.07) is 14.9. The molecule has 25 heavy (non-hydrogen) atoms. The molecule has 130 valence electrons. The van der Waals surface area contributed by atoms with Crippen LogP contribution in [-0.4, -0.2) is 33.3 Å². The summed E-state index contributed by atoms with van der Waals surface area (Å²) in [5.41, 5.74) is 2.74. The lowest BCUT2D eigenvalue weighted by Crippen LogP contribution is -2.28. The summed E-state index contributed by atoms with van der Waals surface area (Å²) in [5, 5.41) is 5.46. The number of nitrogens with one attached hydrogen (secondary N) is 2. The van der Waals surface area contributed by atoms with Gasteiger partial charge in [0.2, 0.25) is 0 Å². The Morgan fingerprint density at radius 1 is 1.08 bits per heavy atom. The van der Waals surface area contributed by atoms with Gasteiger partial charge in [-0.25, -0.2) is 4.79 Å². The van der Waals surface area contributed by atoms with Crippen LogP contribution in [0.25, 0.3) is 0 Å². The maximum Gasteiger partial charge on any atom is 0.319 e. The Balaban J connectivity index is 1.78. The largest absolute Gasteiger partial charge is 0.494 e. The number of amides is 2. The fourth-order valence-corrected chi connectivity index (χ4v) is 2.09. The summed E-state index contributed by atoms with van der Waals surface area (Å²) in [6.45, 7) is 2.82. The van der Waals surface area contributed by atoms with E-state index in [4.69, 9.17) is 4.74 Å². The molecule has 0 saturated heterocycles. The van der Waals surface area contributed by atoms with Crippen LogP contribution in [-0.2, 0) is 0 Å². The average Bonchev–Trinajstić information content (AvgIpc) is 2.61. The van der Waals surface area contributed by atoms with Crippen molar-refractivity contribution in [3.05, 3.63) is 54.1 Å². The van der Waals surface area contributed by atoms with Gasteiger partial charge >= 0.3 is 6.03 Å². The van der Waals surface area contributed by atoms with Crippen LogP contribution in [0.15, 0.2) is 48.5 Å². The maximum atomic E-state index is 11.8. The summed E-state index contributed by atoms with van der Waals surface area (Å²) < 4.78 is 5.36. The highest BCUT2D eigenvalue weighted by atomic mass is 16.5. The average molecular weight is 337 g/mol. The van der Waals surface area contributed by atoms with Crippen molar-refractivity contribution in [3.63, 3.8) is 0 Å². The van der Waals surface area contributed by atoms with Crippen LogP contribution >= 0.6 is 0 Å². The standard InChI is InChI=1S/C20H23N3O2/c1-4-25-19-13-9-17(10-14-19)22-20(24)21-15-5-6-16-7-11-18(12-8-16)23(2)3/h7-14H,4,15H2,1-3H3,(H2,21,22,24). The van der Waals surface area contributed by atoms with Crippen molar-refractivity contribution < 1.29 is 9.53 Å². The predicted octanol–water partition coefficient (Wildman–Crippen LogP) is 3.32. The van der Waals surface area contributed by atoms with Crippen molar-refractivity contribution in [1.82, 2.24) is 5.32 Å². The number of urea groups is 1. The lowest BCUT2D eigenvalue weighted by atomic mass is 10.2. The van der Waals surface area contributed by atoms with E-state index in [0.29, 0.717) is 12.3 Å². The summed E-state index contributed by atoms with van der Waals surface area (Å²) in [5.74, 6) is 6.74. The van der Waals surface area contributed by atoms with E-state index in [0.717, 1.165) is 17.0 Å². The molecule has 0 aliphatic carbocycles. The van der Waals surface area contributed by atoms with Crippen molar-refractivity contribution in [3.8, 4) is 17.6 Å². The third-order valence-electron chi connectivity index (χ3n) is 3.38. The SMILES string of the molecule is CCOc1ccc(NC(=O)NCC#Cc2ccc(N(C)C)cc2)cc1. The molecule has 0 aromatic heterocycles. The van der Waals surface area contributed by atoms with Crippen LogP contribution in [0.3, 0.4) is 0 Å². The van der Waals surface area contributed by atoms with E-state index in [1.54, 1.807) is 12.1 Å². The Morgan fingerprint density at radius 2 is 1.76 bits per heavy atom. The molecule has 0 bridgehead atoms. The minimum absolute atomic E-state index is 0.276. The molecule has 0 unspecified atom stereocenters. The first kappa shape index (κ1) is 18.2. The lowest BCUT2D eigenvalue weighted by Gasteiger charge is -2.11. The third-order valence-corrected chi connectivity index (χ3v) is 3.38. The molecule has 2 amide bonds. The van der Waals surface area contributed by atoms with E-state index in [1.165, 1.54) is 0 Å². The second-order valence-corrected chi connectivity index (χ2v) is 5.51. The van der Waals surface area contributed by atoms with Gasteiger partial charge in [0.1, 0.15) is 5.75 Å². The van der Waals surface area contributed by atoms with Crippen LogP contribution in [0, 0.1) is 11.8 Å². The van der Waals surface area contributed by atoms with Crippen molar-refractivity contribution in [2.45, 2.75) is 6.92 Å². The monoisotopic (exact) mass is 337 g/mol. The number of nitrogens with zero attached hydrogens (tertiary/aromatic N) is 1. The minimum atomic E-state index is -0.290. The molecule has 2 rings (SSSR count). The van der Waals surface area contributed by atoms with Crippen LogP contribution in [0.5, 0.6) is 5.75 Å². The number of hydrogen-bond donors (Lipinski definition) is 2. The second-order valence-electron chi connectivity index (χ2n) is 5.51. The van der Waals surface area contributed by atoms with Gasteiger partial charge in [0.25, 0.3) is 0 Å². The fourth-order valence-electron chi connectivity index (χ4n) is 2.09. The molecule has 2 aromatic carbocycles. The van der Waals surface area contributed by atoms with Gasteiger partial charge in [0, 0.05) is 31.0 Å². The Kier molecular flexibility index (Phi) is 6.73. The van der Waals surface area contributed by atoms with Crippen LogP contribution in [0.2, 0.25) is 0 Å². The normalized spacial score (nSPS) is 9.56. The molecule has 0 atom stereocenters. The van der Waals surface area contributed by atoms with Gasteiger partial charge in [0.05, 0.1) is 13.2 Å². The van der Waals surface area contributed by atoms with Gasteiger partial charge in [0.15, 0.2) is 0 Å². The fraction of sp³-hybridized carbons (Fsp3) is 0.250. The first-order chi connectivity index (χ1) is 12.1. The van der Waals surface area contributed by atoms with E-state index >= 15 is 0 Å². The minimum Gasteiger partial charge on any atom is -0.494 e. The van der Waals surface area contributed by atoms with Gasteiger partial charge in [-0.2, -0.15) is 0 Å². The highest BCUT2D eigenvalue weighted by Gasteiger charge is 2.00. The van der Waals surface area contributed by atoms with Crippen LogP contribution < -0.4 is 20.3 Å². The van der Waals surface area contributed by atoms with Gasteiger partial charge in [-0.15, -0.1) is 0 Å². The number of anilines is 2. The van der Waals surface area contributed by atoms with Crippen LogP contribution in [0.4, 0.5) is 16.2 Å². The number of carbonyl (C=O) groups is 1. The van der Waals surface area contributed by atoms with Crippen molar-refractivity contribution >= 4 is 17.4 Å². The summed E-state index contributed by atoms with van der Waals surface area (Å²) in [4.78, 5) is 13.9. The number of rotatable bonds is 5. The first-order valence-corrected chi connectivity index (χ1v) is 8.12. The number of ether oxygens (including phenoxy) is 1. The Labute approximate surface area is 149 Å². The number of carbonyl (C=O) groups excluding carboxylic acids is 1. The van der Waals surface area contributed by atoms with Crippen molar-refractivity contribution in [2.24, 2.45) is 0 Å². The Bertz CT molecular complexity index is 741. The van der Waals surface area contributed by atoms with E-state index in [9.17, 15) is 4.79 Å². The smallest absolute Gasteiger partial charge is 0.319 e. The molecule has 5 nitrogen and oxygen atoms in total. The van der Waals surface area contributed by atoms with Gasteiger partial charge < -0.3 is 20.3 Å². The Hall–Kier alpha value is -3.13. The molecule has 2 aromatic rings. The molecule has 0 aliphatic rings. The molecular formula is C20H23N3O2. The summed E-state index contributed by atoms with van der Waals surface area (Å²) in [6.07, 6.45) is 0. The molecule has 0 aliphatic heterocycles. The van der Waals surface area contributed by atoms with Crippen molar-refractivity contribution in [2.75, 3.05) is 37.5 Å². The number of benzene rings is 2. The summed E-state index contributed by atoms with van der Waals surface area (Å²) >= 11 is 0. The molecule has 5 heteroatoms. The highest BCUT2D eigenvalue weighted by Crippen LogP contribution is 2.15. The molecule has 2 N–H and O–H groups in total. The summed E-state index contributed by atoms with van der Waals surface area (Å²) in [7, 11) is 3.99. The number of hydrogen-bond acceptors (Lipinski definition) is 3. The zero-order valence-electron chi connectivity index (χ0n) is 14.8. The molecular weight excluding hydrogens is 314 g/mol. The van der Waals surface area contributed by atoms with Gasteiger partial charge in [-0.05, 0) is 55.5 Å². The van der Waals surface area contributed by atoms with E-state index < -0.39 is 0 Å². The zero-order valence-corrected chi connectivity index (χ0v) is 14.8. The Morgan fingerprint density at radius 3 is 2.36 bits per heavy atom. The molecule has 0 saturated carbocycles. The van der Waals surface area contributed by atoms with Gasteiger partial charge in [-0.3, -0.25) is 0 Å². The lowest BCUT2D eigenvalue weighted by molar-refractivity contribution is 0.253. The topological polar surface area (TPSA) is 53.6 Å². The molecule has 0 spiro atoms. The van der Waals surface area contributed by atoms with E-state index in [-0.39, 0.29) is 12.6 Å². The molecule has 0 radical (unpaired) electrons. The predicted molar refractivity (Wildman–Crippen MR) is 102 cm³/mol. The van der Waals surface area contributed by atoms with Crippen LogP contribution in [0.1, 0.15) is 12.5 Å². The molecule has 0 heterocycles. The maximum absolute atomic E-state index is 11.8. The zero-order chi connectivity index (χ0) is 18.1. The van der Waals surface area contributed by atoms with E-state index in [2.05, 4.69) is 22.5 Å². The highest BCUT2D eigenvalue weighted by molar-refractivity contribution is 5.89. The van der Waals surface area contributed by atoms with Crippen molar-refractivity contribution in [1.29, 1.82) is 0 Å². The third kappa shape index (κ3) is 6.11. The quantitative estimate of drug-likeness (QED) is 0.823.